The lowest BCUT2D eigenvalue weighted by atomic mass is 9.82. The summed E-state index contributed by atoms with van der Waals surface area (Å²) in [6, 6.07) is 0. The molecule has 0 bridgehead atoms. The van der Waals surface area contributed by atoms with Crippen LogP contribution < -0.4 is 11.1 Å². The van der Waals surface area contributed by atoms with E-state index in [1.807, 2.05) is 12.3 Å². The van der Waals surface area contributed by atoms with Crippen LogP contribution >= 0.6 is 11.3 Å². The van der Waals surface area contributed by atoms with Crippen LogP contribution in [0.1, 0.15) is 42.8 Å². The Labute approximate surface area is 106 Å². The third-order valence-corrected chi connectivity index (χ3v) is 4.23. The van der Waals surface area contributed by atoms with Crippen LogP contribution in [0.4, 0.5) is 0 Å². The van der Waals surface area contributed by atoms with E-state index in [-0.39, 0.29) is 5.91 Å². The zero-order valence-electron chi connectivity index (χ0n) is 10.2. The van der Waals surface area contributed by atoms with E-state index in [2.05, 4.69) is 10.3 Å². The van der Waals surface area contributed by atoms with Crippen LogP contribution in [0.25, 0.3) is 0 Å². The molecule has 0 saturated heterocycles. The second kappa shape index (κ2) is 5.14. The van der Waals surface area contributed by atoms with Gasteiger partial charge in [0.25, 0.3) is 0 Å². The summed E-state index contributed by atoms with van der Waals surface area (Å²) in [6.45, 7) is 2.45. The summed E-state index contributed by atoms with van der Waals surface area (Å²) in [7, 11) is 0. The second-order valence-corrected chi connectivity index (χ2v) is 5.72. The molecule has 0 unspecified atom stereocenters. The second-order valence-electron chi connectivity index (χ2n) is 4.78. The lowest BCUT2D eigenvalue weighted by Gasteiger charge is -2.31. The van der Waals surface area contributed by atoms with Crippen LogP contribution in [0, 0.1) is 6.92 Å². The minimum atomic E-state index is -0.648. The van der Waals surface area contributed by atoms with Gasteiger partial charge in [-0.25, -0.2) is 4.98 Å². The molecule has 0 spiro atoms. The molecular formula is C12H19N3OS. The Balaban J connectivity index is 1.88. The zero-order chi connectivity index (χ0) is 12.3. The number of rotatable bonds is 3. The van der Waals surface area contributed by atoms with E-state index >= 15 is 0 Å². The predicted molar refractivity (Wildman–Crippen MR) is 68.7 cm³/mol. The van der Waals surface area contributed by atoms with Crippen molar-refractivity contribution in [2.45, 2.75) is 51.1 Å². The van der Waals surface area contributed by atoms with Crippen LogP contribution in [0.3, 0.4) is 0 Å². The van der Waals surface area contributed by atoms with Gasteiger partial charge in [-0.2, -0.15) is 0 Å². The molecule has 3 N–H and O–H groups in total. The Morgan fingerprint density at radius 2 is 2.24 bits per heavy atom. The summed E-state index contributed by atoms with van der Waals surface area (Å²) >= 11 is 1.57. The van der Waals surface area contributed by atoms with Crippen molar-refractivity contribution >= 4 is 17.2 Å². The topological polar surface area (TPSA) is 68.0 Å². The number of aryl methyl sites for hydroxylation is 1. The molecule has 1 fully saturated rings. The Hall–Kier alpha value is -0.940. The van der Waals surface area contributed by atoms with E-state index in [0.717, 1.165) is 36.4 Å². The Morgan fingerprint density at radius 1 is 1.53 bits per heavy atom. The summed E-state index contributed by atoms with van der Waals surface area (Å²) in [5, 5.41) is 5.83. The van der Waals surface area contributed by atoms with Crippen molar-refractivity contribution in [2.75, 3.05) is 0 Å². The summed E-state index contributed by atoms with van der Waals surface area (Å²) in [6.07, 6.45) is 4.91. The van der Waals surface area contributed by atoms with Crippen molar-refractivity contribution in [2.24, 2.45) is 5.73 Å². The molecule has 2 rings (SSSR count). The van der Waals surface area contributed by atoms with Crippen LogP contribution in [0.2, 0.25) is 0 Å². The first-order valence-electron chi connectivity index (χ1n) is 6.08. The lowest BCUT2D eigenvalue weighted by molar-refractivity contribution is -0.127. The van der Waals surface area contributed by atoms with Crippen LogP contribution in [-0.4, -0.2) is 16.4 Å². The van der Waals surface area contributed by atoms with Gasteiger partial charge in [-0.05, 0) is 19.8 Å². The molecule has 1 aromatic rings. The summed E-state index contributed by atoms with van der Waals surface area (Å²) < 4.78 is 0. The fourth-order valence-electron chi connectivity index (χ4n) is 2.23. The van der Waals surface area contributed by atoms with Crippen molar-refractivity contribution in [1.82, 2.24) is 10.3 Å². The number of hydrogen-bond acceptors (Lipinski definition) is 4. The Kier molecular flexibility index (Phi) is 3.79. The van der Waals surface area contributed by atoms with Gasteiger partial charge in [-0.3, -0.25) is 4.79 Å². The molecule has 0 atom stereocenters. The number of nitrogens with zero attached hydrogens (tertiary/aromatic N) is 1. The molecule has 1 aromatic heterocycles. The van der Waals surface area contributed by atoms with Gasteiger partial charge >= 0.3 is 0 Å². The molecule has 1 aliphatic rings. The third-order valence-electron chi connectivity index (χ3n) is 3.26. The van der Waals surface area contributed by atoms with Gasteiger partial charge in [-0.15, -0.1) is 11.3 Å². The number of carbonyl (C=O) groups excluding carboxylic acids is 1. The first-order valence-corrected chi connectivity index (χ1v) is 6.96. The summed E-state index contributed by atoms with van der Waals surface area (Å²) in [5.41, 5.74) is 6.49. The van der Waals surface area contributed by atoms with Crippen molar-refractivity contribution in [3.05, 3.63) is 16.1 Å². The minimum Gasteiger partial charge on any atom is -0.348 e. The van der Waals surface area contributed by atoms with Gasteiger partial charge in [0.2, 0.25) is 5.91 Å². The Bertz CT molecular complexity index is 396. The molecule has 17 heavy (non-hydrogen) atoms. The van der Waals surface area contributed by atoms with Crippen molar-refractivity contribution < 1.29 is 4.79 Å². The number of aromatic nitrogens is 1. The van der Waals surface area contributed by atoms with Gasteiger partial charge < -0.3 is 11.1 Å². The monoisotopic (exact) mass is 253 g/mol. The fourth-order valence-corrected chi connectivity index (χ4v) is 2.94. The smallest absolute Gasteiger partial charge is 0.240 e. The van der Waals surface area contributed by atoms with E-state index < -0.39 is 5.54 Å². The van der Waals surface area contributed by atoms with Crippen molar-refractivity contribution in [3.8, 4) is 0 Å². The molecule has 0 aliphatic heterocycles. The number of nitrogens with two attached hydrogens (primary N) is 1. The third kappa shape index (κ3) is 3.04. The Morgan fingerprint density at radius 3 is 2.82 bits per heavy atom. The van der Waals surface area contributed by atoms with Crippen LogP contribution in [0.15, 0.2) is 5.38 Å². The first kappa shape index (κ1) is 12.5. The minimum absolute atomic E-state index is 0.0231. The SMILES string of the molecule is Cc1csc(CNC(=O)C2(N)CCCCC2)n1. The van der Waals surface area contributed by atoms with Gasteiger partial charge in [0, 0.05) is 11.1 Å². The van der Waals surface area contributed by atoms with E-state index in [0.29, 0.717) is 6.54 Å². The highest BCUT2D eigenvalue weighted by atomic mass is 32.1. The van der Waals surface area contributed by atoms with Gasteiger partial charge in [0.1, 0.15) is 5.01 Å². The molecule has 1 saturated carbocycles. The summed E-state index contributed by atoms with van der Waals surface area (Å²) in [4.78, 5) is 16.4. The standard InChI is InChI=1S/C12H19N3OS/c1-9-8-17-10(15-9)7-14-11(16)12(13)5-3-2-4-6-12/h8H,2-7,13H2,1H3,(H,14,16). The van der Waals surface area contributed by atoms with Gasteiger partial charge in [-0.1, -0.05) is 19.3 Å². The number of carbonyl (C=O) groups is 1. The molecule has 5 heteroatoms. The van der Waals surface area contributed by atoms with Gasteiger partial charge in [0.05, 0.1) is 12.1 Å². The number of amides is 1. The quantitative estimate of drug-likeness (QED) is 0.862. The fraction of sp³-hybridized carbons (Fsp3) is 0.667. The maximum absolute atomic E-state index is 12.0. The van der Waals surface area contributed by atoms with E-state index in [4.69, 9.17) is 5.73 Å². The van der Waals surface area contributed by atoms with Crippen molar-refractivity contribution in [1.29, 1.82) is 0 Å². The van der Waals surface area contributed by atoms with Crippen LogP contribution in [0.5, 0.6) is 0 Å². The summed E-state index contributed by atoms with van der Waals surface area (Å²) in [5.74, 6) is -0.0231. The number of thiazole rings is 1. The van der Waals surface area contributed by atoms with Crippen LogP contribution in [-0.2, 0) is 11.3 Å². The molecule has 1 heterocycles. The molecule has 0 radical (unpaired) electrons. The maximum Gasteiger partial charge on any atom is 0.240 e. The molecule has 4 nitrogen and oxygen atoms in total. The maximum atomic E-state index is 12.0. The average Bonchev–Trinajstić information content (AvgIpc) is 2.73. The zero-order valence-corrected chi connectivity index (χ0v) is 11.0. The molecule has 94 valence electrons. The molecular weight excluding hydrogens is 234 g/mol. The van der Waals surface area contributed by atoms with Gasteiger partial charge in [0.15, 0.2) is 0 Å². The molecule has 1 amide bonds. The largest absolute Gasteiger partial charge is 0.348 e. The van der Waals surface area contributed by atoms with E-state index in [1.54, 1.807) is 11.3 Å². The molecule has 0 aromatic carbocycles. The number of hydrogen-bond donors (Lipinski definition) is 2. The van der Waals surface area contributed by atoms with E-state index in [9.17, 15) is 4.79 Å². The first-order chi connectivity index (χ1) is 8.10. The lowest BCUT2D eigenvalue weighted by Crippen LogP contribution is -2.54. The highest BCUT2D eigenvalue weighted by Crippen LogP contribution is 2.26. The van der Waals surface area contributed by atoms with Crippen molar-refractivity contribution in [3.63, 3.8) is 0 Å². The van der Waals surface area contributed by atoms with E-state index in [1.165, 1.54) is 6.42 Å². The normalized spacial score (nSPS) is 18.9. The number of nitrogens with one attached hydrogen (secondary N) is 1. The molecule has 1 aliphatic carbocycles. The predicted octanol–water partition coefficient (Wildman–Crippen LogP) is 1.73. The average molecular weight is 253 g/mol. The highest BCUT2D eigenvalue weighted by Gasteiger charge is 2.34. The highest BCUT2D eigenvalue weighted by molar-refractivity contribution is 7.09.